The minimum atomic E-state index is -0.0625. The van der Waals surface area contributed by atoms with E-state index in [1.807, 2.05) is 13.8 Å². The van der Waals surface area contributed by atoms with E-state index in [0.717, 1.165) is 0 Å². The zero-order chi connectivity index (χ0) is 6.73. The van der Waals surface area contributed by atoms with Crippen molar-refractivity contribution in [3.63, 3.8) is 0 Å². The van der Waals surface area contributed by atoms with Gasteiger partial charge in [-0.2, -0.15) is 0 Å². The highest BCUT2D eigenvalue weighted by atomic mass is 79.9. The van der Waals surface area contributed by atoms with Gasteiger partial charge in [0.25, 0.3) is 4.82 Å². The van der Waals surface area contributed by atoms with E-state index in [1.54, 1.807) is 11.9 Å². The fourth-order valence-corrected chi connectivity index (χ4v) is 0.613. The van der Waals surface area contributed by atoms with Crippen molar-refractivity contribution < 1.29 is 4.79 Å². The first-order valence-electron chi connectivity index (χ1n) is 2.48. The van der Waals surface area contributed by atoms with E-state index in [1.165, 1.54) is 0 Å². The molecule has 1 amide bonds. The Kier molecular flexibility index (Phi) is 3.05. The maximum Gasteiger partial charge on any atom is 0.289 e. The number of nitrogens with zero attached hydrogens (tertiary/aromatic N) is 1. The third-order valence-corrected chi connectivity index (χ3v) is 1.61. The van der Waals surface area contributed by atoms with Gasteiger partial charge in [0, 0.05) is 29.0 Å². The van der Waals surface area contributed by atoms with E-state index in [4.69, 9.17) is 0 Å². The number of amides is 1. The van der Waals surface area contributed by atoms with E-state index >= 15 is 0 Å². The average molecular weight is 180 g/mol. The maximum absolute atomic E-state index is 10.4. The van der Waals surface area contributed by atoms with Crippen molar-refractivity contribution >= 4 is 20.7 Å². The van der Waals surface area contributed by atoms with Crippen LogP contribution in [0.5, 0.6) is 0 Å². The van der Waals surface area contributed by atoms with Gasteiger partial charge in [0.05, 0.1) is 0 Å². The third-order valence-electron chi connectivity index (χ3n) is 1.05. The minimum absolute atomic E-state index is 0.0625. The lowest BCUT2D eigenvalue weighted by atomic mass is 10.4. The van der Waals surface area contributed by atoms with Crippen molar-refractivity contribution in [1.82, 2.24) is 4.90 Å². The van der Waals surface area contributed by atoms with Crippen molar-refractivity contribution in [2.45, 2.75) is 19.9 Å². The van der Waals surface area contributed by atoms with Crippen LogP contribution in [0.3, 0.4) is 0 Å². The summed E-state index contributed by atoms with van der Waals surface area (Å²) in [7, 11) is 1.75. The summed E-state index contributed by atoms with van der Waals surface area (Å²) >= 11 is 2.83. The van der Waals surface area contributed by atoms with E-state index in [0.29, 0.717) is 0 Å². The predicted molar refractivity (Wildman–Crippen MR) is 37.2 cm³/mol. The largest absolute Gasteiger partial charge is 0.334 e. The molecule has 48 valence electrons. The summed E-state index contributed by atoms with van der Waals surface area (Å²) in [5.41, 5.74) is 0. The molecule has 0 fully saturated rings. The Morgan fingerprint density at radius 2 is 2.00 bits per heavy atom. The molecule has 0 aromatic carbocycles. The molecule has 0 heterocycles. The Bertz CT molecular complexity index is 92.4. The van der Waals surface area contributed by atoms with Crippen molar-refractivity contribution in [1.29, 1.82) is 0 Å². The number of rotatable bonds is 1. The quantitative estimate of drug-likeness (QED) is 0.445. The average Bonchev–Trinajstić information content (AvgIpc) is 1.64. The summed E-state index contributed by atoms with van der Waals surface area (Å²) in [5, 5.41) is 0. The van der Waals surface area contributed by atoms with Gasteiger partial charge in [0.2, 0.25) is 0 Å². The van der Waals surface area contributed by atoms with Crippen LogP contribution < -0.4 is 0 Å². The highest BCUT2D eigenvalue weighted by molar-refractivity contribution is 9.18. The van der Waals surface area contributed by atoms with E-state index < -0.39 is 0 Å². The summed E-state index contributed by atoms with van der Waals surface area (Å²) in [6.45, 7) is 3.92. The summed E-state index contributed by atoms with van der Waals surface area (Å²) in [5.74, 6) is 0. The summed E-state index contributed by atoms with van der Waals surface area (Å²) < 4.78 is 0. The molecule has 0 aromatic rings. The predicted octanol–water partition coefficient (Wildman–Crippen LogP) is 1.84. The fraction of sp³-hybridized carbons (Fsp3) is 0.800. The van der Waals surface area contributed by atoms with E-state index in [-0.39, 0.29) is 10.9 Å². The number of hydrogen-bond acceptors (Lipinski definition) is 1. The van der Waals surface area contributed by atoms with Gasteiger partial charge in [-0.3, -0.25) is 4.79 Å². The molecule has 0 bridgehead atoms. The van der Waals surface area contributed by atoms with Crippen LogP contribution in [-0.2, 0) is 0 Å². The Morgan fingerprint density at radius 1 is 1.62 bits per heavy atom. The molecule has 2 nitrogen and oxygen atoms in total. The highest BCUT2D eigenvalue weighted by Gasteiger charge is 2.05. The number of hydrogen-bond donors (Lipinski definition) is 0. The van der Waals surface area contributed by atoms with Gasteiger partial charge in [-0.25, -0.2) is 0 Å². The molecule has 0 aliphatic carbocycles. The molecule has 0 N–H and O–H groups in total. The van der Waals surface area contributed by atoms with E-state index in [9.17, 15) is 4.79 Å². The Labute approximate surface area is 58.0 Å². The third kappa shape index (κ3) is 2.31. The van der Waals surface area contributed by atoms with Crippen LogP contribution >= 0.6 is 15.9 Å². The van der Waals surface area contributed by atoms with Crippen LogP contribution in [0.25, 0.3) is 0 Å². The van der Waals surface area contributed by atoms with Crippen LogP contribution in [0.2, 0.25) is 0 Å². The van der Waals surface area contributed by atoms with Crippen molar-refractivity contribution in [3.8, 4) is 0 Å². The van der Waals surface area contributed by atoms with Crippen molar-refractivity contribution in [2.75, 3.05) is 7.05 Å². The second-order valence-electron chi connectivity index (χ2n) is 1.96. The minimum Gasteiger partial charge on any atom is -0.334 e. The number of halogens is 1. The van der Waals surface area contributed by atoms with Crippen molar-refractivity contribution in [2.24, 2.45) is 0 Å². The van der Waals surface area contributed by atoms with Gasteiger partial charge < -0.3 is 4.90 Å². The first-order chi connectivity index (χ1) is 3.55. The van der Waals surface area contributed by atoms with Crippen LogP contribution in [0.4, 0.5) is 4.79 Å². The second-order valence-corrected chi connectivity index (χ2v) is 2.64. The summed E-state index contributed by atoms with van der Waals surface area (Å²) in [4.78, 5) is 12.0. The Hall–Kier alpha value is -0.0500. The fourth-order valence-electron chi connectivity index (χ4n) is 0.203. The molecule has 8 heavy (non-hydrogen) atoms. The molecule has 0 rings (SSSR count). The molecule has 0 aliphatic heterocycles. The Morgan fingerprint density at radius 3 is 2.00 bits per heavy atom. The van der Waals surface area contributed by atoms with E-state index in [2.05, 4.69) is 15.9 Å². The normalized spacial score (nSPS) is 9.62. The molecular weight excluding hydrogens is 170 g/mol. The molecule has 0 unspecified atom stereocenters. The molecule has 0 atom stereocenters. The first kappa shape index (κ1) is 7.95. The zero-order valence-corrected chi connectivity index (χ0v) is 6.90. The molecular formula is C5H10BrNO. The van der Waals surface area contributed by atoms with Gasteiger partial charge in [-0.15, -0.1) is 0 Å². The van der Waals surface area contributed by atoms with Crippen LogP contribution in [-0.4, -0.2) is 22.8 Å². The molecule has 0 aromatic heterocycles. The van der Waals surface area contributed by atoms with Crippen molar-refractivity contribution in [3.05, 3.63) is 0 Å². The number of carbonyl (C=O) groups is 1. The lowest BCUT2D eigenvalue weighted by Crippen LogP contribution is -2.27. The molecule has 0 spiro atoms. The standard InChI is InChI=1S/C5H10BrNO/c1-4(2)7(3)5(6)8/h4H,1-3H3. The second kappa shape index (κ2) is 3.07. The molecule has 0 saturated heterocycles. The molecule has 0 aliphatic rings. The lowest BCUT2D eigenvalue weighted by Gasteiger charge is -2.17. The monoisotopic (exact) mass is 179 g/mol. The molecule has 0 saturated carbocycles. The lowest BCUT2D eigenvalue weighted by molar-refractivity contribution is 0.224. The van der Waals surface area contributed by atoms with Gasteiger partial charge in [0.1, 0.15) is 0 Å². The SMILES string of the molecule is CC(C)N(C)C(=O)Br. The van der Waals surface area contributed by atoms with Crippen LogP contribution in [0, 0.1) is 0 Å². The maximum atomic E-state index is 10.4. The summed E-state index contributed by atoms with van der Waals surface area (Å²) in [6.07, 6.45) is 0. The highest BCUT2D eigenvalue weighted by Crippen LogP contribution is 1.99. The summed E-state index contributed by atoms with van der Waals surface area (Å²) in [6, 6.07) is 0.280. The zero-order valence-electron chi connectivity index (χ0n) is 5.31. The van der Waals surface area contributed by atoms with Gasteiger partial charge in [-0.05, 0) is 13.8 Å². The van der Waals surface area contributed by atoms with Gasteiger partial charge in [0.15, 0.2) is 0 Å². The first-order valence-corrected chi connectivity index (χ1v) is 3.27. The van der Waals surface area contributed by atoms with Gasteiger partial charge >= 0.3 is 0 Å². The Balaban J connectivity index is 3.64. The van der Waals surface area contributed by atoms with Crippen LogP contribution in [0.15, 0.2) is 0 Å². The topological polar surface area (TPSA) is 20.3 Å². The van der Waals surface area contributed by atoms with Crippen LogP contribution in [0.1, 0.15) is 13.8 Å². The molecule has 0 radical (unpaired) electrons. The number of carbonyl (C=O) groups excluding carboxylic acids is 1. The smallest absolute Gasteiger partial charge is 0.289 e. The van der Waals surface area contributed by atoms with Gasteiger partial charge in [-0.1, -0.05) is 0 Å². The molecule has 3 heteroatoms.